The molecule has 0 radical (unpaired) electrons. The minimum absolute atomic E-state index is 0.375. The summed E-state index contributed by atoms with van der Waals surface area (Å²) in [6.07, 6.45) is 2.77. The van der Waals surface area contributed by atoms with E-state index in [9.17, 15) is 0 Å². The zero-order valence-electron chi connectivity index (χ0n) is 10.3. The molecule has 0 aromatic carbocycles. The predicted octanol–water partition coefficient (Wildman–Crippen LogP) is 3.30. The van der Waals surface area contributed by atoms with Crippen molar-refractivity contribution in [2.75, 3.05) is 12.3 Å². The van der Waals surface area contributed by atoms with Gasteiger partial charge in [-0.25, -0.2) is 0 Å². The fourth-order valence-electron chi connectivity index (χ4n) is 1.65. The Morgan fingerprint density at radius 3 is 2.50 bits per heavy atom. The van der Waals surface area contributed by atoms with Gasteiger partial charge in [-0.3, -0.25) is 0 Å². The molecule has 0 saturated carbocycles. The van der Waals surface area contributed by atoms with Gasteiger partial charge in [0, 0.05) is 17.3 Å². The van der Waals surface area contributed by atoms with E-state index < -0.39 is 0 Å². The van der Waals surface area contributed by atoms with Gasteiger partial charge in [0.05, 0.1) is 0 Å². The lowest BCUT2D eigenvalue weighted by atomic mass is 9.87. The Morgan fingerprint density at radius 2 is 2.07 bits per heavy atom. The third kappa shape index (κ3) is 3.47. The number of nitrogens with one attached hydrogen (secondary N) is 1. The number of hydrogen-bond acceptors (Lipinski definition) is 2. The van der Waals surface area contributed by atoms with Crippen LogP contribution in [0, 0.1) is 5.41 Å². The molecule has 2 atom stereocenters. The second-order valence-corrected chi connectivity index (χ2v) is 7.55. The monoisotopic (exact) mass is 215 g/mol. The van der Waals surface area contributed by atoms with Gasteiger partial charge in [0.1, 0.15) is 0 Å². The summed E-state index contributed by atoms with van der Waals surface area (Å²) in [5, 5.41) is 3.68. The Kier molecular flexibility index (Phi) is 3.93. The van der Waals surface area contributed by atoms with Gasteiger partial charge in [0.25, 0.3) is 0 Å². The van der Waals surface area contributed by atoms with Crippen molar-refractivity contribution in [1.82, 2.24) is 5.32 Å². The Labute approximate surface area is 93.4 Å². The summed E-state index contributed by atoms with van der Waals surface area (Å²) in [5.41, 5.74) is 0.375. The van der Waals surface area contributed by atoms with Gasteiger partial charge in [-0.05, 0) is 37.9 Å². The highest BCUT2D eigenvalue weighted by Gasteiger charge is 2.30. The molecule has 0 aliphatic carbocycles. The molecule has 1 saturated heterocycles. The predicted molar refractivity (Wildman–Crippen MR) is 67.0 cm³/mol. The summed E-state index contributed by atoms with van der Waals surface area (Å²) in [7, 11) is 0. The molecule has 2 heteroatoms. The van der Waals surface area contributed by atoms with Crippen molar-refractivity contribution in [1.29, 1.82) is 0 Å². The second-order valence-electron chi connectivity index (χ2n) is 5.87. The third-order valence-corrected chi connectivity index (χ3v) is 4.92. The summed E-state index contributed by atoms with van der Waals surface area (Å²) in [6.45, 7) is 12.8. The molecule has 14 heavy (non-hydrogen) atoms. The van der Waals surface area contributed by atoms with E-state index in [0.29, 0.717) is 16.2 Å². The molecule has 1 nitrogen and oxygen atoms in total. The molecular weight excluding hydrogens is 190 g/mol. The molecule has 1 fully saturated rings. The summed E-state index contributed by atoms with van der Waals surface area (Å²) in [6, 6.07) is 0.598. The van der Waals surface area contributed by atoms with Gasteiger partial charge < -0.3 is 5.32 Å². The fourth-order valence-corrected chi connectivity index (χ4v) is 2.91. The first-order valence-corrected chi connectivity index (χ1v) is 6.69. The van der Waals surface area contributed by atoms with Crippen molar-refractivity contribution >= 4 is 11.8 Å². The topological polar surface area (TPSA) is 12.0 Å². The standard InChI is InChI=1S/C12H25NS/c1-10(11(2,3)4)13-9-12(5)7-6-8-14-12/h10,13H,6-9H2,1-5H3. The average molecular weight is 215 g/mol. The summed E-state index contributed by atoms with van der Waals surface area (Å²) in [4.78, 5) is 0. The van der Waals surface area contributed by atoms with Crippen molar-refractivity contribution in [3.8, 4) is 0 Å². The minimum atomic E-state index is 0.375. The third-order valence-electron chi connectivity index (χ3n) is 3.38. The zero-order chi connectivity index (χ0) is 10.8. The highest BCUT2D eigenvalue weighted by molar-refractivity contribution is 8.00. The van der Waals surface area contributed by atoms with Gasteiger partial charge in [-0.1, -0.05) is 20.8 Å². The van der Waals surface area contributed by atoms with Gasteiger partial charge in [-0.15, -0.1) is 0 Å². The van der Waals surface area contributed by atoms with E-state index in [1.807, 2.05) is 0 Å². The SMILES string of the molecule is CC(NCC1(C)CCCS1)C(C)(C)C. The molecule has 1 rings (SSSR count). The van der Waals surface area contributed by atoms with Crippen LogP contribution in [0.4, 0.5) is 0 Å². The highest BCUT2D eigenvalue weighted by Crippen LogP contribution is 2.37. The molecular formula is C12H25NS. The van der Waals surface area contributed by atoms with Crippen LogP contribution < -0.4 is 5.32 Å². The Balaban J connectivity index is 2.33. The number of hydrogen-bond donors (Lipinski definition) is 1. The first kappa shape index (κ1) is 12.4. The number of rotatable bonds is 3. The van der Waals surface area contributed by atoms with Crippen molar-refractivity contribution in [2.45, 2.75) is 58.2 Å². The summed E-state index contributed by atoms with van der Waals surface area (Å²) in [5.74, 6) is 1.35. The van der Waals surface area contributed by atoms with Gasteiger partial charge in [0.15, 0.2) is 0 Å². The molecule has 0 amide bonds. The average Bonchev–Trinajstić information content (AvgIpc) is 2.47. The molecule has 1 aliphatic heterocycles. The van der Waals surface area contributed by atoms with Crippen LogP contribution in [0.1, 0.15) is 47.5 Å². The van der Waals surface area contributed by atoms with Crippen LogP contribution in [0.25, 0.3) is 0 Å². The van der Waals surface area contributed by atoms with Crippen molar-refractivity contribution in [2.24, 2.45) is 5.41 Å². The largest absolute Gasteiger partial charge is 0.312 e. The van der Waals surface area contributed by atoms with E-state index in [1.54, 1.807) is 0 Å². The maximum absolute atomic E-state index is 3.68. The Hall–Kier alpha value is 0.310. The van der Waals surface area contributed by atoms with E-state index in [0.717, 1.165) is 6.54 Å². The number of thioether (sulfide) groups is 1. The quantitative estimate of drug-likeness (QED) is 0.775. The minimum Gasteiger partial charge on any atom is -0.312 e. The summed E-state index contributed by atoms with van der Waals surface area (Å²) < 4.78 is 0.500. The van der Waals surface area contributed by atoms with E-state index in [-0.39, 0.29) is 0 Å². The molecule has 1 N–H and O–H groups in total. The van der Waals surface area contributed by atoms with Gasteiger partial charge in [-0.2, -0.15) is 11.8 Å². The molecule has 0 spiro atoms. The van der Waals surface area contributed by atoms with Crippen LogP contribution in [0.3, 0.4) is 0 Å². The van der Waals surface area contributed by atoms with Crippen LogP contribution in [0.5, 0.6) is 0 Å². The molecule has 84 valence electrons. The van der Waals surface area contributed by atoms with E-state index in [2.05, 4.69) is 51.7 Å². The fraction of sp³-hybridized carbons (Fsp3) is 1.00. The molecule has 2 unspecified atom stereocenters. The van der Waals surface area contributed by atoms with E-state index >= 15 is 0 Å². The van der Waals surface area contributed by atoms with Crippen molar-refractivity contribution in [3.05, 3.63) is 0 Å². The Bertz CT molecular complexity index is 177. The lowest BCUT2D eigenvalue weighted by Crippen LogP contribution is -2.44. The first-order chi connectivity index (χ1) is 6.33. The van der Waals surface area contributed by atoms with Crippen LogP contribution in [-0.4, -0.2) is 23.1 Å². The van der Waals surface area contributed by atoms with Gasteiger partial charge >= 0.3 is 0 Å². The zero-order valence-corrected chi connectivity index (χ0v) is 11.1. The second kappa shape index (κ2) is 4.44. The highest BCUT2D eigenvalue weighted by atomic mass is 32.2. The van der Waals surface area contributed by atoms with Gasteiger partial charge in [0.2, 0.25) is 0 Å². The smallest absolute Gasteiger partial charge is 0.0256 e. The molecule has 0 aromatic rings. The molecule has 0 aromatic heterocycles. The first-order valence-electron chi connectivity index (χ1n) is 5.71. The summed E-state index contributed by atoms with van der Waals surface area (Å²) >= 11 is 2.13. The molecule has 0 bridgehead atoms. The molecule has 1 aliphatic rings. The van der Waals surface area contributed by atoms with Crippen LogP contribution in [-0.2, 0) is 0 Å². The maximum Gasteiger partial charge on any atom is 0.0256 e. The maximum atomic E-state index is 3.68. The molecule has 1 heterocycles. The van der Waals surface area contributed by atoms with Crippen molar-refractivity contribution in [3.63, 3.8) is 0 Å². The van der Waals surface area contributed by atoms with E-state index in [1.165, 1.54) is 18.6 Å². The van der Waals surface area contributed by atoms with Crippen LogP contribution >= 0.6 is 11.8 Å². The van der Waals surface area contributed by atoms with E-state index in [4.69, 9.17) is 0 Å². The van der Waals surface area contributed by atoms with Crippen LogP contribution in [0.15, 0.2) is 0 Å². The Morgan fingerprint density at radius 1 is 1.43 bits per heavy atom. The lowest BCUT2D eigenvalue weighted by Gasteiger charge is -2.32. The lowest BCUT2D eigenvalue weighted by molar-refractivity contribution is 0.279. The normalized spacial score (nSPS) is 30.6. The van der Waals surface area contributed by atoms with Crippen LogP contribution in [0.2, 0.25) is 0 Å². The van der Waals surface area contributed by atoms with Crippen molar-refractivity contribution < 1.29 is 0 Å².